The van der Waals surface area contributed by atoms with Gasteiger partial charge in [-0.3, -0.25) is 4.79 Å². The van der Waals surface area contributed by atoms with Gasteiger partial charge in [0.25, 0.3) is 0 Å². The monoisotopic (exact) mass is 278 g/mol. The molecule has 5 heteroatoms. The van der Waals surface area contributed by atoms with Crippen molar-refractivity contribution >= 4 is 23.2 Å². The Labute approximate surface area is 117 Å². The molecule has 4 nitrogen and oxygen atoms in total. The minimum atomic E-state index is -0.910. The molecule has 0 bridgehead atoms. The van der Waals surface area contributed by atoms with E-state index in [1.54, 1.807) is 25.3 Å². The third-order valence-electron chi connectivity index (χ3n) is 3.53. The molecule has 1 aliphatic rings. The molecule has 19 heavy (non-hydrogen) atoms. The summed E-state index contributed by atoms with van der Waals surface area (Å²) in [6, 6.07) is 7.18. The number of nitrogens with one attached hydrogen (secondary N) is 1. The summed E-state index contributed by atoms with van der Waals surface area (Å²) >= 11 is 6.04. The molecular weight excluding hydrogens is 264 g/mol. The van der Waals surface area contributed by atoms with E-state index in [4.69, 9.17) is 16.3 Å². The number of ether oxygens (including phenoxy) is 1. The number of anilines is 1. The van der Waals surface area contributed by atoms with Gasteiger partial charge in [0.15, 0.2) is 0 Å². The van der Waals surface area contributed by atoms with Crippen molar-refractivity contribution in [2.75, 3.05) is 12.4 Å². The molecule has 1 aromatic carbocycles. The molecular formula is C14H15ClN2O2. The van der Waals surface area contributed by atoms with Crippen LogP contribution < -0.4 is 10.1 Å². The summed E-state index contributed by atoms with van der Waals surface area (Å²) in [5.74, 6) is 0.333. The zero-order chi connectivity index (χ0) is 13.9. The first-order valence-electron chi connectivity index (χ1n) is 6.17. The second-order valence-electron chi connectivity index (χ2n) is 4.70. The van der Waals surface area contributed by atoms with Crippen molar-refractivity contribution in [1.82, 2.24) is 0 Å². The molecule has 0 aliphatic heterocycles. The predicted octanol–water partition coefficient (Wildman–Crippen LogP) is 3.37. The van der Waals surface area contributed by atoms with Crippen molar-refractivity contribution in [3.8, 4) is 11.8 Å². The number of hydrogen-bond acceptors (Lipinski definition) is 3. The van der Waals surface area contributed by atoms with Crippen LogP contribution in [0.1, 0.15) is 25.7 Å². The maximum atomic E-state index is 12.3. The molecule has 0 heterocycles. The zero-order valence-electron chi connectivity index (χ0n) is 10.7. The third-order valence-corrected chi connectivity index (χ3v) is 3.86. The van der Waals surface area contributed by atoms with Gasteiger partial charge in [-0.25, -0.2) is 0 Å². The number of rotatable bonds is 3. The van der Waals surface area contributed by atoms with Crippen LogP contribution >= 0.6 is 11.6 Å². The number of nitriles is 1. The maximum Gasteiger partial charge on any atom is 0.244 e. The lowest BCUT2D eigenvalue weighted by molar-refractivity contribution is -0.122. The lowest BCUT2D eigenvalue weighted by Gasteiger charge is -2.19. The minimum absolute atomic E-state index is 0.275. The smallest absolute Gasteiger partial charge is 0.244 e. The normalized spacial score (nSPS) is 16.7. The van der Waals surface area contributed by atoms with Gasteiger partial charge >= 0.3 is 0 Å². The average Bonchev–Trinajstić information content (AvgIpc) is 2.91. The Hall–Kier alpha value is -1.73. The van der Waals surface area contributed by atoms with Gasteiger partial charge in [0.1, 0.15) is 11.2 Å². The Morgan fingerprint density at radius 1 is 1.47 bits per heavy atom. The number of methoxy groups -OCH3 is 1. The van der Waals surface area contributed by atoms with E-state index in [1.165, 1.54) is 0 Å². The molecule has 1 fully saturated rings. The van der Waals surface area contributed by atoms with E-state index in [2.05, 4.69) is 11.4 Å². The van der Waals surface area contributed by atoms with Gasteiger partial charge in [-0.05, 0) is 25.0 Å². The number of hydrogen-bond donors (Lipinski definition) is 1. The average molecular weight is 279 g/mol. The summed E-state index contributed by atoms with van der Waals surface area (Å²) in [5, 5.41) is 12.4. The van der Waals surface area contributed by atoms with Crippen molar-refractivity contribution in [3.63, 3.8) is 0 Å². The highest BCUT2D eigenvalue weighted by Gasteiger charge is 2.41. The lowest BCUT2D eigenvalue weighted by Crippen LogP contribution is -2.32. The lowest BCUT2D eigenvalue weighted by atomic mass is 9.87. The molecule has 1 aliphatic carbocycles. The van der Waals surface area contributed by atoms with E-state index >= 15 is 0 Å². The highest BCUT2D eigenvalue weighted by molar-refractivity contribution is 6.33. The number of amides is 1. The predicted molar refractivity (Wildman–Crippen MR) is 73.1 cm³/mol. The summed E-state index contributed by atoms with van der Waals surface area (Å²) in [5.41, 5.74) is -0.431. The summed E-state index contributed by atoms with van der Waals surface area (Å²) in [4.78, 5) is 12.3. The van der Waals surface area contributed by atoms with Crippen molar-refractivity contribution < 1.29 is 9.53 Å². The van der Waals surface area contributed by atoms with Gasteiger partial charge in [-0.15, -0.1) is 0 Å². The highest BCUT2D eigenvalue weighted by atomic mass is 35.5. The summed E-state index contributed by atoms with van der Waals surface area (Å²) in [7, 11) is 1.54. The molecule has 0 unspecified atom stereocenters. The SMILES string of the molecule is COc1ccc(Cl)c(NC(=O)C2(C#N)CCCC2)c1. The standard InChI is InChI=1S/C14H15ClN2O2/c1-19-10-4-5-11(15)12(8-10)17-13(18)14(9-16)6-2-3-7-14/h4-5,8H,2-3,6-7H2,1H3,(H,17,18). The summed E-state index contributed by atoms with van der Waals surface area (Å²) in [6.45, 7) is 0. The molecule has 100 valence electrons. The fraction of sp³-hybridized carbons (Fsp3) is 0.429. The first kappa shape index (κ1) is 13.7. The van der Waals surface area contributed by atoms with Crippen LogP contribution in [-0.4, -0.2) is 13.0 Å². The van der Waals surface area contributed by atoms with Crippen molar-refractivity contribution in [2.45, 2.75) is 25.7 Å². The third kappa shape index (κ3) is 2.66. The van der Waals surface area contributed by atoms with E-state index in [1.807, 2.05) is 0 Å². The first-order chi connectivity index (χ1) is 9.11. The van der Waals surface area contributed by atoms with Crippen LogP contribution in [0.25, 0.3) is 0 Å². The topological polar surface area (TPSA) is 62.1 Å². The zero-order valence-corrected chi connectivity index (χ0v) is 11.5. The maximum absolute atomic E-state index is 12.3. The Morgan fingerprint density at radius 3 is 2.74 bits per heavy atom. The number of halogens is 1. The van der Waals surface area contributed by atoms with Gasteiger partial charge in [-0.2, -0.15) is 5.26 Å². The number of nitrogens with zero attached hydrogens (tertiary/aromatic N) is 1. The van der Waals surface area contributed by atoms with Crippen molar-refractivity contribution in [3.05, 3.63) is 23.2 Å². The Kier molecular flexibility index (Phi) is 3.96. The van der Waals surface area contributed by atoms with Crippen molar-refractivity contribution in [2.24, 2.45) is 5.41 Å². The van der Waals surface area contributed by atoms with Crippen molar-refractivity contribution in [1.29, 1.82) is 5.26 Å². The van der Waals surface area contributed by atoms with Crippen LogP contribution in [0.2, 0.25) is 5.02 Å². The largest absolute Gasteiger partial charge is 0.497 e. The number of carbonyl (C=O) groups excluding carboxylic acids is 1. The minimum Gasteiger partial charge on any atom is -0.497 e. The number of carbonyl (C=O) groups is 1. The van der Waals surface area contributed by atoms with E-state index in [0.29, 0.717) is 29.3 Å². The molecule has 0 saturated heterocycles. The second-order valence-corrected chi connectivity index (χ2v) is 5.11. The van der Waals surface area contributed by atoms with Gasteiger partial charge in [0.2, 0.25) is 5.91 Å². The van der Waals surface area contributed by atoms with E-state index < -0.39 is 5.41 Å². The van der Waals surface area contributed by atoms with Gasteiger partial charge in [-0.1, -0.05) is 24.4 Å². The van der Waals surface area contributed by atoms with Gasteiger partial charge in [0, 0.05) is 6.07 Å². The summed E-state index contributed by atoms with van der Waals surface area (Å²) in [6.07, 6.45) is 3.04. The Morgan fingerprint density at radius 2 is 2.16 bits per heavy atom. The Bertz CT molecular complexity index is 531. The first-order valence-corrected chi connectivity index (χ1v) is 6.55. The molecule has 0 spiro atoms. The molecule has 0 radical (unpaired) electrons. The molecule has 0 atom stereocenters. The molecule has 1 N–H and O–H groups in total. The fourth-order valence-electron chi connectivity index (χ4n) is 2.34. The highest BCUT2D eigenvalue weighted by Crippen LogP contribution is 2.39. The number of benzene rings is 1. The van der Waals surface area contributed by atoms with Crippen LogP contribution in [0.15, 0.2) is 18.2 Å². The molecule has 0 aromatic heterocycles. The van der Waals surface area contributed by atoms with Crippen LogP contribution in [0.4, 0.5) is 5.69 Å². The quantitative estimate of drug-likeness (QED) is 0.922. The Balaban J connectivity index is 2.21. The second kappa shape index (κ2) is 5.50. The van der Waals surface area contributed by atoms with Crippen LogP contribution in [0, 0.1) is 16.7 Å². The molecule has 1 saturated carbocycles. The van der Waals surface area contributed by atoms with Gasteiger partial charge < -0.3 is 10.1 Å². The summed E-state index contributed by atoms with van der Waals surface area (Å²) < 4.78 is 5.09. The fourth-order valence-corrected chi connectivity index (χ4v) is 2.50. The molecule has 2 rings (SSSR count). The van der Waals surface area contributed by atoms with E-state index in [0.717, 1.165) is 12.8 Å². The van der Waals surface area contributed by atoms with Crippen LogP contribution in [-0.2, 0) is 4.79 Å². The molecule has 1 aromatic rings. The van der Waals surface area contributed by atoms with Gasteiger partial charge in [0.05, 0.1) is 23.9 Å². The van der Waals surface area contributed by atoms with Crippen LogP contribution in [0.3, 0.4) is 0 Å². The van der Waals surface area contributed by atoms with E-state index in [9.17, 15) is 10.1 Å². The van der Waals surface area contributed by atoms with Crippen LogP contribution in [0.5, 0.6) is 5.75 Å². The molecule has 1 amide bonds. The van der Waals surface area contributed by atoms with E-state index in [-0.39, 0.29) is 5.91 Å².